The molecule has 0 radical (unpaired) electrons. The Morgan fingerprint density at radius 3 is 2.85 bits per heavy atom. The lowest BCUT2D eigenvalue weighted by molar-refractivity contribution is -0.0469. The molecule has 1 aliphatic carbocycles. The molecule has 0 spiro atoms. The van der Waals surface area contributed by atoms with Gasteiger partial charge in [-0.1, -0.05) is 0 Å². The van der Waals surface area contributed by atoms with E-state index in [1.54, 1.807) is 35.3 Å². The van der Waals surface area contributed by atoms with E-state index in [4.69, 9.17) is 3.07 Å². The standard InChI is InChI=1S/C8H9IN2O2/c9-13-6-2-5-10-7(11-6)8(12)3-1-4-8/h2,5,12H,1,3-4H2. The summed E-state index contributed by atoms with van der Waals surface area (Å²) in [5, 5.41) is 9.92. The summed E-state index contributed by atoms with van der Waals surface area (Å²) in [6.45, 7) is 0. The van der Waals surface area contributed by atoms with Gasteiger partial charge >= 0.3 is 0 Å². The zero-order chi connectivity index (χ0) is 9.31. The normalized spacial score (nSPS) is 19.2. The van der Waals surface area contributed by atoms with Crippen molar-refractivity contribution in [1.29, 1.82) is 0 Å². The molecule has 0 unspecified atom stereocenters. The van der Waals surface area contributed by atoms with Crippen LogP contribution in [-0.4, -0.2) is 15.1 Å². The van der Waals surface area contributed by atoms with E-state index in [2.05, 4.69) is 9.97 Å². The van der Waals surface area contributed by atoms with Crippen LogP contribution in [0.2, 0.25) is 0 Å². The van der Waals surface area contributed by atoms with Crippen LogP contribution >= 0.6 is 23.0 Å². The molecule has 0 amide bonds. The molecule has 1 saturated carbocycles. The largest absolute Gasteiger partial charge is 0.408 e. The first kappa shape index (κ1) is 9.14. The smallest absolute Gasteiger partial charge is 0.227 e. The van der Waals surface area contributed by atoms with Crippen molar-refractivity contribution in [2.75, 3.05) is 0 Å². The molecule has 0 saturated heterocycles. The summed E-state index contributed by atoms with van der Waals surface area (Å²) in [5.41, 5.74) is -0.800. The van der Waals surface area contributed by atoms with Gasteiger partial charge in [0.25, 0.3) is 0 Å². The summed E-state index contributed by atoms with van der Waals surface area (Å²) in [6, 6.07) is 1.66. The van der Waals surface area contributed by atoms with Crippen molar-refractivity contribution < 1.29 is 8.17 Å². The fraction of sp³-hybridized carbons (Fsp3) is 0.500. The molecule has 70 valence electrons. The Balaban J connectivity index is 2.29. The highest BCUT2D eigenvalue weighted by atomic mass is 127. The van der Waals surface area contributed by atoms with Gasteiger partial charge in [-0.2, -0.15) is 4.98 Å². The highest BCUT2D eigenvalue weighted by Crippen LogP contribution is 2.39. The fourth-order valence-electron chi connectivity index (χ4n) is 1.34. The Kier molecular flexibility index (Phi) is 2.37. The van der Waals surface area contributed by atoms with Gasteiger partial charge in [0.1, 0.15) is 5.60 Å². The van der Waals surface area contributed by atoms with Gasteiger partial charge in [-0.15, -0.1) is 0 Å². The summed E-state index contributed by atoms with van der Waals surface area (Å²) < 4.78 is 4.93. The molecule has 1 aromatic rings. The van der Waals surface area contributed by atoms with E-state index in [1.807, 2.05) is 0 Å². The molecule has 1 heterocycles. The van der Waals surface area contributed by atoms with Crippen LogP contribution in [0.3, 0.4) is 0 Å². The molecular formula is C8H9IN2O2. The number of nitrogens with zero attached hydrogens (tertiary/aromatic N) is 2. The van der Waals surface area contributed by atoms with E-state index >= 15 is 0 Å². The van der Waals surface area contributed by atoms with Crippen LogP contribution in [0.25, 0.3) is 0 Å². The van der Waals surface area contributed by atoms with Crippen molar-refractivity contribution >= 4 is 23.0 Å². The second-order valence-corrected chi connectivity index (χ2v) is 3.62. The Bertz CT molecular complexity index is 315. The highest BCUT2D eigenvalue weighted by Gasteiger charge is 2.39. The van der Waals surface area contributed by atoms with Crippen LogP contribution in [0.1, 0.15) is 25.1 Å². The first-order chi connectivity index (χ1) is 6.24. The van der Waals surface area contributed by atoms with Crippen LogP contribution < -0.4 is 3.07 Å². The molecule has 2 rings (SSSR count). The zero-order valence-corrected chi connectivity index (χ0v) is 9.06. The SMILES string of the molecule is OC1(c2nccc(OI)n2)CCC1. The Labute approximate surface area is 90.0 Å². The second-order valence-electron chi connectivity index (χ2n) is 3.18. The van der Waals surface area contributed by atoms with Gasteiger partial charge < -0.3 is 8.17 Å². The minimum Gasteiger partial charge on any atom is -0.408 e. The van der Waals surface area contributed by atoms with Gasteiger partial charge in [-0.3, -0.25) is 0 Å². The molecule has 0 aromatic carbocycles. The first-order valence-electron chi connectivity index (χ1n) is 4.09. The molecule has 1 N–H and O–H groups in total. The molecule has 4 nitrogen and oxygen atoms in total. The van der Waals surface area contributed by atoms with E-state index in [9.17, 15) is 5.11 Å². The third kappa shape index (κ3) is 1.62. The summed E-state index contributed by atoms with van der Waals surface area (Å²) in [5.74, 6) is 0.971. The lowest BCUT2D eigenvalue weighted by Crippen LogP contribution is -2.35. The Morgan fingerprint density at radius 1 is 1.54 bits per heavy atom. The van der Waals surface area contributed by atoms with Crippen molar-refractivity contribution in [3.63, 3.8) is 0 Å². The van der Waals surface area contributed by atoms with Crippen LogP contribution in [0.15, 0.2) is 12.3 Å². The summed E-state index contributed by atoms with van der Waals surface area (Å²) >= 11 is 1.76. The number of aromatic nitrogens is 2. The van der Waals surface area contributed by atoms with Crippen molar-refractivity contribution in [2.24, 2.45) is 0 Å². The Morgan fingerprint density at radius 2 is 2.31 bits per heavy atom. The first-order valence-corrected chi connectivity index (χ1v) is 4.97. The van der Waals surface area contributed by atoms with Gasteiger partial charge in [0.05, 0.1) is 0 Å². The maximum atomic E-state index is 9.92. The zero-order valence-electron chi connectivity index (χ0n) is 6.90. The van der Waals surface area contributed by atoms with Gasteiger partial charge in [0.15, 0.2) is 28.8 Å². The predicted molar refractivity (Wildman–Crippen MR) is 54.4 cm³/mol. The van der Waals surface area contributed by atoms with Crippen LogP contribution in [0.4, 0.5) is 0 Å². The van der Waals surface area contributed by atoms with Gasteiger partial charge in [-0.25, -0.2) is 4.98 Å². The predicted octanol–water partition coefficient (Wildman–Crippen LogP) is 1.58. The van der Waals surface area contributed by atoms with Crippen LogP contribution in [0, 0.1) is 0 Å². The van der Waals surface area contributed by atoms with Gasteiger partial charge in [-0.05, 0) is 19.3 Å². The number of hydrogen-bond acceptors (Lipinski definition) is 4. The average molecular weight is 292 g/mol. The summed E-state index contributed by atoms with van der Waals surface area (Å²) in [4.78, 5) is 8.13. The fourth-order valence-corrected chi connectivity index (χ4v) is 1.59. The average Bonchev–Trinajstić information content (AvgIpc) is 2.14. The minimum atomic E-state index is -0.800. The van der Waals surface area contributed by atoms with E-state index in [0.29, 0.717) is 11.7 Å². The topological polar surface area (TPSA) is 55.2 Å². The third-order valence-electron chi connectivity index (χ3n) is 2.31. The van der Waals surface area contributed by atoms with E-state index < -0.39 is 5.60 Å². The molecule has 1 aromatic heterocycles. The molecule has 0 aliphatic heterocycles. The number of rotatable bonds is 2. The second kappa shape index (κ2) is 3.38. The van der Waals surface area contributed by atoms with Crippen molar-refractivity contribution in [2.45, 2.75) is 24.9 Å². The quantitative estimate of drug-likeness (QED) is 0.841. The minimum absolute atomic E-state index is 0.480. The summed E-state index contributed by atoms with van der Waals surface area (Å²) in [7, 11) is 0. The molecule has 13 heavy (non-hydrogen) atoms. The van der Waals surface area contributed by atoms with E-state index in [1.165, 1.54) is 0 Å². The maximum Gasteiger partial charge on any atom is 0.227 e. The number of aliphatic hydroxyl groups is 1. The number of hydrogen-bond donors (Lipinski definition) is 1. The third-order valence-corrected chi connectivity index (χ3v) is 2.76. The number of halogens is 1. The molecule has 0 atom stereocenters. The lowest BCUT2D eigenvalue weighted by Gasteiger charge is -2.34. The van der Waals surface area contributed by atoms with E-state index in [0.717, 1.165) is 19.3 Å². The molecule has 5 heteroatoms. The molecular weight excluding hydrogens is 283 g/mol. The molecule has 0 bridgehead atoms. The van der Waals surface area contributed by atoms with Gasteiger partial charge in [0.2, 0.25) is 5.88 Å². The maximum absolute atomic E-state index is 9.92. The van der Waals surface area contributed by atoms with Crippen molar-refractivity contribution in [1.82, 2.24) is 9.97 Å². The summed E-state index contributed by atoms with van der Waals surface area (Å²) in [6.07, 6.45) is 4.14. The van der Waals surface area contributed by atoms with E-state index in [-0.39, 0.29) is 0 Å². The highest BCUT2D eigenvalue weighted by molar-refractivity contribution is 14.1. The molecule has 1 aliphatic rings. The van der Waals surface area contributed by atoms with Crippen molar-refractivity contribution in [3.8, 4) is 5.88 Å². The monoisotopic (exact) mass is 292 g/mol. The molecule has 1 fully saturated rings. The van der Waals surface area contributed by atoms with Crippen molar-refractivity contribution in [3.05, 3.63) is 18.1 Å². The van der Waals surface area contributed by atoms with Crippen LogP contribution in [-0.2, 0) is 5.60 Å². The van der Waals surface area contributed by atoms with Gasteiger partial charge in [0, 0.05) is 12.3 Å². The van der Waals surface area contributed by atoms with Crippen LogP contribution in [0.5, 0.6) is 5.88 Å². The lowest BCUT2D eigenvalue weighted by atomic mass is 9.79. The Hall–Kier alpha value is -0.430.